The number of hydrogen-bond donors (Lipinski definition) is 1. The van der Waals surface area contributed by atoms with Crippen LogP contribution in [0.4, 0.5) is 5.69 Å². The van der Waals surface area contributed by atoms with Crippen LogP contribution in [-0.4, -0.2) is 45.2 Å². The molecule has 0 saturated carbocycles. The number of ether oxygens (including phenoxy) is 4. The van der Waals surface area contributed by atoms with Gasteiger partial charge in [0.15, 0.2) is 11.5 Å². The second-order valence-electron chi connectivity index (χ2n) is 8.32. The first-order chi connectivity index (χ1) is 17.7. The van der Waals surface area contributed by atoms with Gasteiger partial charge in [0, 0.05) is 11.3 Å². The normalized spacial score (nSPS) is 16.6. The molecule has 3 aromatic rings. The van der Waals surface area contributed by atoms with Crippen molar-refractivity contribution in [1.29, 1.82) is 0 Å². The van der Waals surface area contributed by atoms with Gasteiger partial charge in [-0.2, -0.15) is 0 Å². The standard InChI is InChI=1S/C28H26ClNO7/c1-15-7-6-8-18(11-15)30-24(17-13-21(35-3)27(37-5)22(14-17)36-4)23(26(32)28(30)33)25(31)16-9-10-19(29)20(12-16)34-2/h6-14,24,31H,1-5H3/b25-23+. The molecule has 1 atom stereocenters. The average molecular weight is 524 g/mol. The van der Waals surface area contributed by atoms with Crippen LogP contribution in [0.5, 0.6) is 23.0 Å². The number of Topliss-reactive ketones (excluding diaryl/α,β-unsaturated/α-hetero) is 1. The molecule has 1 heterocycles. The second kappa shape index (κ2) is 10.4. The Labute approximate surface area is 219 Å². The van der Waals surface area contributed by atoms with Gasteiger partial charge in [0.05, 0.1) is 45.1 Å². The maximum atomic E-state index is 13.5. The van der Waals surface area contributed by atoms with Gasteiger partial charge in [0.2, 0.25) is 5.75 Å². The largest absolute Gasteiger partial charge is 0.507 e. The number of benzene rings is 3. The molecule has 0 spiro atoms. The van der Waals surface area contributed by atoms with Gasteiger partial charge >= 0.3 is 0 Å². The Bertz CT molecular complexity index is 1390. The quantitative estimate of drug-likeness (QED) is 0.255. The maximum Gasteiger partial charge on any atom is 0.300 e. The molecule has 4 rings (SSSR count). The van der Waals surface area contributed by atoms with Crippen LogP contribution in [0.2, 0.25) is 5.02 Å². The summed E-state index contributed by atoms with van der Waals surface area (Å²) in [6.07, 6.45) is 0. The van der Waals surface area contributed by atoms with Gasteiger partial charge in [-0.3, -0.25) is 14.5 Å². The molecule has 3 aromatic carbocycles. The fourth-order valence-corrected chi connectivity index (χ4v) is 4.61. The number of nitrogens with zero attached hydrogens (tertiary/aromatic N) is 1. The lowest BCUT2D eigenvalue weighted by molar-refractivity contribution is -0.132. The maximum absolute atomic E-state index is 13.5. The van der Waals surface area contributed by atoms with E-state index in [0.717, 1.165) is 5.56 Å². The summed E-state index contributed by atoms with van der Waals surface area (Å²) in [7, 11) is 5.86. The Kier molecular flexibility index (Phi) is 7.31. The summed E-state index contributed by atoms with van der Waals surface area (Å²) in [5.41, 5.74) is 2.02. The first-order valence-corrected chi connectivity index (χ1v) is 11.6. The summed E-state index contributed by atoms with van der Waals surface area (Å²) >= 11 is 6.16. The van der Waals surface area contributed by atoms with Crippen molar-refractivity contribution in [3.63, 3.8) is 0 Å². The molecule has 0 bridgehead atoms. The molecule has 192 valence electrons. The molecule has 8 nitrogen and oxygen atoms in total. The monoisotopic (exact) mass is 523 g/mol. The van der Waals surface area contributed by atoms with Crippen molar-refractivity contribution < 1.29 is 33.6 Å². The van der Waals surface area contributed by atoms with Gasteiger partial charge in [-0.25, -0.2) is 0 Å². The number of hydrogen-bond acceptors (Lipinski definition) is 7. The van der Waals surface area contributed by atoms with E-state index in [2.05, 4.69) is 0 Å². The highest BCUT2D eigenvalue weighted by Gasteiger charge is 2.47. The van der Waals surface area contributed by atoms with Crippen molar-refractivity contribution in [3.8, 4) is 23.0 Å². The zero-order valence-electron chi connectivity index (χ0n) is 21.0. The molecule has 0 aliphatic carbocycles. The first kappa shape index (κ1) is 25.9. The minimum atomic E-state index is -1.00. The molecule has 1 aliphatic rings. The smallest absolute Gasteiger partial charge is 0.300 e. The number of carbonyl (C=O) groups is 2. The number of methoxy groups -OCH3 is 4. The van der Waals surface area contributed by atoms with Crippen molar-refractivity contribution in [2.45, 2.75) is 13.0 Å². The van der Waals surface area contributed by atoms with E-state index < -0.39 is 17.7 Å². The summed E-state index contributed by atoms with van der Waals surface area (Å²) in [5.74, 6) is -0.674. The topological polar surface area (TPSA) is 94.5 Å². The molecule has 1 aliphatic heterocycles. The minimum absolute atomic E-state index is 0.106. The number of aliphatic hydroxyl groups excluding tert-OH is 1. The average Bonchev–Trinajstić information content (AvgIpc) is 3.17. The lowest BCUT2D eigenvalue weighted by Gasteiger charge is -2.27. The molecule has 37 heavy (non-hydrogen) atoms. The van der Waals surface area contributed by atoms with Crippen LogP contribution in [0, 0.1) is 6.92 Å². The van der Waals surface area contributed by atoms with E-state index in [-0.39, 0.29) is 16.9 Å². The highest BCUT2D eigenvalue weighted by Crippen LogP contribution is 2.47. The van der Waals surface area contributed by atoms with Crippen LogP contribution in [-0.2, 0) is 9.59 Å². The third kappa shape index (κ3) is 4.56. The molecule has 0 radical (unpaired) electrons. The number of anilines is 1. The van der Waals surface area contributed by atoms with E-state index in [9.17, 15) is 14.7 Å². The van der Waals surface area contributed by atoms with Crippen LogP contribution in [0.25, 0.3) is 5.76 Å². The summed E-state index contributed by atoms with van der Waals surface area (Å²) in [6.45, 7) is 1.88. The first-order valence-electron chi connectivity index (χ1n) is 11.3. The Hall–Kier alpha value is -4.17. The van der Waals surface area contributed by atoms with Gasteiger partial charge in [-0.15, -0.1) is 0 Å². The van der Waals surface area contributed by atoms with E-state index in [0.29, 0.717) is 39.3 Å². The van der Waals surface area contributed by atoms with Crippen molar-refractivity contribution >= 4 is 34.7 Å². The number of ketones is 1. The van der Waals surface area contributed by atoms with Gasteiger partial charge < -0.3 is 24.1 Å². The van der Waals surface area contributed by atoms with Crippen molar-refractivity contribution in [2.24, 2.45) is 0 Å². The van der Waals surface area contributed by atoms with E-state index in [1.807, 2.05) is 13.0 Å². The molecular formula is C28H26ClNO7. The van der Waals surface area contributed by atoms with Crippen molar-refractivity contribution in [1.82, 2.24) is 0 Å². The third-order valence-electron chi connectivity index (χ3n) is 6.15. The summed E-state index contributed by atoms with van der Waals surface area (Å²) < 4.78 is 21.7. The van der Waals surface area contributed by atoms with E-state index >= 15 is 0 Å². The fourth-order valence-electron chi connectivity index (χ4n) is 4.41. The Morgan fingerprint density at radius 2 is 1.51 bits per heavy atom. The Morgan fingerprint density at radius 3 is 2.08 bits per heavy atom. The lowest BCUT2D eigenvalue weighted by Crippen LogP contribution is -2.29. The Morgan fingerprint density at radius 1 is 0.865 bits per heavy atom. The number of rotatable bonds is 7. The number of halogens is 1. The molecule has 1 N–H and O–H groups in total. The highest BCUT2D eigenvalue weighted by atomic mass is 35.5. The van der Waals surface area contributed by atoms with Crippen LogP contribution in [0.15, 0.2) is 60.2 Å². The molecular weight excluding hydrogens is 498 g/mol. The van der Waals surface area contributed by atoms with Crippen LogP contribution in [0.3, 0.4) is 0 Å². The molecule has 0 aromatic heterocycles. The van der Waals surface area contributed by atoms with Gasteiger partial charge in [0.25, 0.3) is 11.7 Å². The SMILES string of the molecule is COc1cc(/C(O)=C2\C(=O)C(=O)N(c3cccc(C)c3)C2c2cc(OC)c(OC)c(OC)c2)ccc1Cl. The molecule has 1 fully saturated rings. The zero-order valence-corrected chi connectivity index (χ0v) is 21.8. The van der Waals surface area contributed by atoms with E-state index in [1.54, 1.807) is 42.5 Å². The van der Waals surface area contributed by atoms with Crippen LogP contribution in [0.1, 0.15) is 22.7 Å². The zero-order chi connectivity index (χ0) is 26.9. The predicted octanol–water partition coefficient (Wildman–Crippen LogP) is 5.31. The highest BCUT2D eigenvalue weighted by molar-refractivity contribution is 6.51. The summed E-state index contributed by atoms with van der Waals surface area (Å²) in [6, 6.07) is 14.1. The van der Waals surface area contributed by atoms with Gasteiger partial charge in [-0.1, -0.05) is 23.7 Å². The number of aryl methyl sites for hydroxylation is 1. The molecule has 1 saturated heterocycles. The number of aliphatic hydroxyl groups is 1. The Balaban J connectivity index is 2.03. The minimum Gasteiger partial charge on any atom is -0.507 e. The summed E-state index contributed by atoms with van der Waals surface area (Å²) in [4.78, 5) is 28.3. The molecule has 9 heteroatoms. The van der Waals surface area contributed by atoms with E-state index in [1.165, 1.54) is 39.4 Å². The molecule has 1 unspecified atom stereocenters. The van der Waals surface area contributed by atoms with Gasteiger partial charge in [-0.05, 0) is 60.5 Å². The van der Waals surface area contributed by atoms with Crippen LogP contribution >= 0.6 is 11.6 Å². The predicted molar refractivity (Wildman–Crippen MR) is 140 cm³/mol. The fraction of sp³-hybridized carbons (Fsp3) is 0.214. The molecule has 1 amide bonds. The lowest BCUT2D eigenvalue weighted by atomic mass is 9.94. The van der Waals surface area contributed by atoms with Crippen LogP contribution < -0.4 is 23.8 Å². The van der Waals surface area contributed by atoms with Gasteiger partial charge in [0.1, 0.15) is 11.5 Å². The number of carbonyl (C=O) groups excluding carboxylic acids is 2. The van der Waals surface area contributed by atoms with Crippen molar-refractivity contribution in [3.05, 3.63) is 81.9 Å². The van der Waals surface area contributed by atoms with Crippen molar-refractivity contribution in [2.75, 3.05) is 33.3 Å². The summed E-state index contributed by atoms with van der Waals surface area (Å²) in [5, 5.41) is 11.8. The second-order valence-corrected chi connectivity index (χ2v) is 8.72. The third-order valence-corrected chi connectivity index (χ3v) is 6.46. The van der Waals surface area contributed by atoms with E-state index in [4.69, 9.17) is 30.5 Å². The number of amides is 1.